The molecular formula is C17H16O4. The molecule has 0 amide bonds. The molecule has 0 bridgehead atoms. The van der Waals surface area contributed by atoms with Crippen LogP contribution in [0.25, 0.3) is 0 Å². The summed E-state index contributed by atoms with van der Waals surface area (Å²) in [5, 5.41) is 19.2. The Bertz CT molecular complexity index is 660. The van der Waals surface area contributed by atoms with Crippen molar-refractivity contribution in [3.8, 4) is 11.5 Å². The van der Waals surface area contributed by atoms with Crippen molar-refractivity contribution in [3.05, 3.63) is 59.7 Å². The van der Waals surface area contributed by atoms with Gasteiger partial charge in [0.2, 0.25) is 0 Å². The summed E-state index contributed by atoms with van der Waals surface area (Å²) in [5.74, 6) is -0.470. The Morgan fingerprint density at radius 2 is 1.86 bits per heavy atom. The highest BCUT2D eigenvalue weighted by atomic mass is 16.5. The molecule has 0 aliphatic heterocycles. The van der Waals surface area contributed by atoms with Gasteiger partial charge in [-0.15, -0.1) is 0 Å². The Labute approximate surface area is 122 Å². The van der Waals surface area contributed by atoms with E-state index in [9.17, 15) is 15.0 Å². The summed E-state index contributed by atoms with van der Waals surface area (Å²) < 4.78 is 5.62. The van der Waals surface area contributed by atoms with Gasteiger partial charge in [-0.05, 0) is 36.1 Å². The number of rotatable bonds is 5. The predicted molar refractivity (Wildman–Crippen MR) is 77.4 cm³/mol. The van der Waals surface area contributed by atoms with Crippen LogP contribution in [-0.2, 0) is 16.8 Å². The molecule has 0 atom stereocenters. The fraction of sp³-hybridized carbons (Fsp3) is 0.235. The van der Waals surface area contributed by atoms with Crippen LogP contribution < -0.4 is 4.74 Å². The zero-order chi connectivity index (χ0) is 14.9. The van der Waals surface area contributed by atoms with Gasteiger partial charge in [-0.3, -0.25) is 4.79 Å². The molecule has 21 heavy (non-hydrogen) atoms. The van der Waals surface area contributed by atoms with E-state index in [1.807, 2.05) is 30.3 Å². The second-order valence-corrected chi connectivity index (χ2v) is 5.34. The van der Waals surface area contributed by atoms with E-state index in [1.165, 1.54) is 6.07 Å². The first-order chi connectivity index (χ1) is 10.1. The highest BCUT2D eigenvalue weighted by Gasteiger charge is 2.51. The first-order valence-corrected chi connectivity index (χ1v) is 6.85. The first-order valence-electron chi connectivity index (χ1n) is 6.85. The number of aliphatic carboxylic acids is 1. The third-order valence-corrected chi connectivity index (χ3v) is 3.91. The maximum Gasteiger partial charge on any atom is 0.314 e. The van der Waals surface area contributed by atoms with Crippen LogP contribution >= 0.6 is 0 Å². The minimum absolute atomic E-state index is 0.0240. The van der Waals surface area contributed by atoms with Gasteiger partial charge < -0.3 is 14.9 Å². The van der Waals surface area contributed by atoms with Crippen LogP contribution in [0.15, 0.2) is 48.5 Å². The minimum Gasteiger partial charge on any atom is -0.504 e. The molecule has 108 valence electrons. The van der Waals surface area contributed by atoms with Gasteiger partial charge >= 0.3 is 5.97 Å². The third kappa shape index (κ3) is 2.57. The molecule has 2 aromatic rings. The lowest BCUT2D eigenvalue weighted by atomic mass is 9.96. The van der Waals surface area contributed by atoms with Crippen molar-refractivity contribution in [2.24, 2.45) is 0 Å². The summed E-state index contributed by atoms with van der Waals surface area (Å²) in [7, 11) is 0. The Morgan fingerprint density at radius 1 is 1.14 bits per heavy atom. The lowest BCUT2D eigenvalue weighted by Crippen LogP contribution is -2.19. The van der Waals surface area contributed by atoms with Crippen molar-refractivity contribution in [3.63, 3.8) is 0 Å². The van der Waals surface area contributed by atoms with Gasteiger partial charge in [0, 0.05) is 0 Å². The molecule has 4 heteroatoms. The maximum atomic E-state index is 11.4. The van der Waals surface area contributed by atoms with Crippen LogP contribution in [-0.4, -0.2) is 16.2 Å². The van der Waals surface area contributed by atoms with Gasteiger partial charge in [0.25, 0.3) is 0 Å². The Kier molecular flexibility index (Phi) is 3.29. The van der Waals surface area contributed by atoms with Crippen LogP contribution in [0.4, 0.5) is 0 Å². The largest absolute Gasteiger partial charge is 0.504 e. The first kappa shape index (κ1) is 13.5. The van der Waals surface area contributed by atoms with Crippen molar-refractivity contribution < 1.29 is 19.7 Å². The molecule has 1 fully saturated rings. The number of benzene rings is 2. The molecule has 1 saturated carbocycles. The van der Waals surface area contributed by atoms with E-state index in [0.29, 0.717) is 30.8 Å². The summed E-state index contributed by atoms with van der Waals surface area (Å²) in [4.78, 5) is 11.4. The van der Waals surface area contributed by atoms with Gasteiger partial charge in [0.05, 0.1) is 5.41 Å². The summed E-state index contributed by atoms with van der Waals surface area (Å²) in [6.07, 6.45) is 1.26. The lowest BCUT2D eigenvalue weighted by molar-refractivity contribution is -0.140. The summed E-state index contributed by atoms with van der Waals surface area (Å²) in [6.45, 7) is 0.331. The van der Waals surface area contributed by atoms with Crippen LogP contribution in [0, 0.1) is 0 Å². The summed E-state index contributed by atoms with van der Waals surface area (Å²) >= 11 is 0. The minimum atomic E-state index is -0.817. The second kappa shape index (κ2) is 5.13. The average Bonchev–Trinajstić information content (AvgIpc) is 3.29. The number of ether oxygens (including phenoxy) is 1. The van der Waals surface area contributed by atoms with Crippen molar-refractivity contribution in [1.82, 2.24) is 0 Å². The second-order valence-electron chi connectivity index (χ2n) is 5.34. The lowest BCUT2D eigenvalue weighted by Gasteiger charge is -2.14. The SMILES string of the molecule is O=C(O)C1(c2ccc(O)c(OCc3ccccc3)c2)CC1. The molecule has 0 spiro atoms. The Morgan fingerprint density at radius 3 is 2.48 bits per heavy atom. The molecule has 0 aromatic heterocycles. The van der Waals surface area contributed by atoms with E-state index in [2.05, 4.69) is 0 Å². The van der Waals surface area contributed by atoms with Gasteiger partial charge in [0.1, 0.15) is 6.61 Å². The van der Waals surface area contributed by atoms with Crippen molar-refractivity contribution in [1.29, 1.82) is 0 Å². The molecule has 0 unspecified atom stereocenters. The van der Waals surface area contributed by atoms with E-state index < -0.39 is 11.4 Å². The molecule has 1 aliphatic rings. The molecule has 3 rings (SSSR count). The zero-order valence-electron chi connectivity index (χ0n) is 11.5. The molecule has 1 aliphatic carbocycles. The summed E-state index contributed by atoms with van der Waals surface area (Å²) in [6, 6.07) is 14.4. The number of hydrogen-bond acceptors (Lipinski definition) is 3. The quantitative estimate of drug-likeness (QED) is 0.885. The van der Waals surface area contributed by atoms with E-state index in [0.717, 1.165) is 5.56 Å². The topological polar surface area (TPSA) is 66.8 Å². The van der Waals surface area contributed by atoms with E-state index in [-0.39, 0.29) is 5.75 Å². The molecule has 2 aromatic carbocycles. The highest BCUT2D eigenvalue weighted by Crippen LogP contribution is 2.50. The van der Waals surface area contributed by atoms with Crippen molar-refractivity contribution >= 4 is 5.97 Å². The number of hydrogen-bond donors (Lipinski definition) is 2. The fourth-order valence-corrected chi connectivity index (χ4v) is 2.41. The predicted octanol–water partition coefficient (Wildman–Crippen LogP) is 3.09. The number of aromatic hydroxyl groups is 1. The van der Waals surface area contributed by atoms with Crippen molar-refractivity contribution in [2.45, 2.75) is 24.9 Å². The van der Waals surface area contributed by atoms with Crippen LogP contribution in [0.1, 0.15) is 24.0 Å². The normalized spacial score (nSPS) is 15.4. The van der Waals surface area contributed by atoms with Crippen LogP contribution in [0.5, 0.6) is 11.5 Å². The smallest absolute Gasteiger partial charge is 0.314 e. The molecule has 2 N–H and O–H groups in total. The monoisotopic (exact) mass is 284 g/mol. The maximum absolute atomic E-state index is 11.4. The van der Waals surface area contributed by atoms with Gasteiger partial charge in [-0.25, -0.2) is 0 Å². The number of carboxylic acid groups (broad SMARTS) is 1. The molecule has 0 saturated heterocycles. The Hall–Kier alpha value is -2.49. The van der Waals surface area contributed by atoms with E-state index >= 15 is 0 Å². The highest BCUT2D eigenvalue weighted by molar-refractivity contribution is 5.85. The fourth-order valence-electron chi connectivity index (χ4n) is 2.41. The van der Waals surface area contributed by atoms with Gasteiger partial charge in [-0.1, -0.05) is 36.4 Å². The van der Waals surface area contributed by atoms with Crippen LogP contribution in [0.2, 0.25) is 0 Å². The van der Waals surface area contributed by atoms with E-state index in [4.69, 9.17) is 4.74 Å². The average molecular weight is 284 g/mol. The number of carbonyl (C=O) groups is 1. The van der Waals surface area contributed by atoms with E-state index in [1.54, 1.807) is 12.1 Å². The van der Waals surface area contributed by atoms with Gasteiger partial charge in [0.15, 0.2) is 11.5 Å². The standard InChI is InChI=1S/C17H16O4/c18-14-7-6-13(17(8-9-17)16(19)20)10-15(14)21-11-12-4-2-1-3-5-12/h1-7,10,18H,8-9,11H2,(H,19,20). The summed E-state index contributed by atoms with van der Waals surface area (Å²) in [5.41, 5.74) is 0.885. The number of phenols is 1. The molecule has 0 radical (unpaired) electrons. The number of carboxylic acids is 1. The third-order valence-electron chi connectivity index (χ3n) is 3.91. The molecular weight excluding hydrogens is 268 g/mol. The van der Waals surface area contributed by atoms with Gasteiger partial charge in [-0.2, -0.15) is 0 Å². The number of phenolic OH excluding ortho intramolecular Hbond substituents is 1. The van der Waals surface area contributed by atoms with Crippen molar-refractivity contribution in [2.75, 3.05) is 0 Å². The molecule has 4 nitrogen and oxygen atoms in total. The zero-order valence-corrected chi connectivity index (χ0v) is 11.5. The molecule has 0 heterocycles. The van der Waals surface area contributed by atoms with Crippen LogP contribution in [0.3, 0.4) is 0 Å². The Balaban J connectivity index is 1.81.